The van der Waals surface area contributed by atoms with Crippen LogP contribution in [-0.4, -0.2) is 22.4 Å². The maximum atomic E-state index is 11.7. The van der Waals surface area contributed by atoms with Crippen molar-refractivity contribution in [2.24, 2.45) is 0 Å². The van der Waals surface area contributed by atoms with Gasteiger partial charge in [-0.05, 0) is 18.9 Å². The van der Waals surface area contributed by atoms with Crippen molar-refractivity contribution in [3.8, 4) is 0 Å². The fraction of sp³-hybridized carbons (Fsp3) is 0.286. The molecule has 0 unspecified atom stereocenters. The highest BCUT2D eigenvalue weighted by molar-refractivity contribution is 5.87. The first kappa shape index (κ1) is 13.1. The van der Waals surface area contributed by atoms with Crippen LogP contribution in [0.15, 0.2) is 41.2 Å². The van der Waals surface area contributed by atoms with E-state index in [1.165, 1.54) is 10.7 Å². The molecule has 0 aliphatic rings. The summed E-state index contributed by atoms with van der Waals surface area (Å²) in [7, 11) is 0. The number of benzene rings is 1. The van der Waals surface area contributed by atoms with Crippen LogP contribution in [0, 0.1) is 0 Å². The lowest BCUT2D eigenvalue weighted by atomic mass is 10.1. The maximum absolute atomic E-state index is 11.7. The molecule has 1 N–H and O–H groups in total. The molecule has 0 fully saturated rings. The summed E-state index contributed by atoms with van der Waals surface area (Å²) in [6.45, 7) is 2.55. The average molecular weight is 260 g/mol. The SMILES string of the molecule is CCOC(=O)c1cc(=O)[nH]n1CCc1ccccc1. The second-order valence-electron chi connectivity index (χ2n) is 4.11. The molecule has 5 nitrogen and oxygen atoms in total. The first-order valence-electron chi connectivity index (χ1n) is 6.21. The number of ether oxygens (including phenoxy) is 1. The minimum atomic E-state index is -0.478. The van der Waals surface area contributed by atoms with E-state index < -0.39 is 5.97 Å². The van der Waals surface area contributed by atoms with Gasteiger partial charge in [0.15, 0.2) is 0 Å². The topological polar surface area (TPSA) is 64.1 Å². The highest BCUT2D eigenvalue weighted by Crippen LogP contribution is 2.04. The van der Waals surface area contributed by atoms with E-state index in [4.69, 9.17) is 4.74 Å². The number of carbonyl (C=O) groups is 1. The third kappa shape index (κ3) is 3.34. The van der Waals surface area contributed by atoms with Gasteiger partial charge >= 0.3 is 5.97 Å². The number of nitrogens with zero attached hydrogens (tertiary/aromatic N) is 1. The van der Waals surface area contributed by atoms with Crippen molar-refractivity contribution in [2.45, 2.75) is 19.9 Å². The number of esters is 1. The Hall–Kier alpha value is -2.30. The first-order chi connectivity index (χ1) is 9.20. The van der Waals surface area contributed by atoms with E-state index in [-0.39, 0.29) is 17.9 Å². The van der Waals surface area contributed by atoms with E-state index >= 15 is 0 Å². The molecule has 2 rings (SSSR count). The summed E-state index contributed by atoms with van der Waals surface area (Å²) in [6.07, 6.45) is 0.734. The summed E-state index contributed by atoms with van der Waals surface area (Å²) in [4.78, 5) is 23.0. The molecule has 2 aromatic rings. The van der Waals surface area contributed by atoms with E-state index in [0.717, 1.165) is 12.0 Å². The lowest BCUT2D eigenvalue weighted by Crippen LogP contribution is -2.15. The zero-order valence-corrected chi connectivity index (χ0v) is 10.8. The zero-order chi connectivity index (χ0) is 13.7. The van der Waals surface area contributed by atoms with Crippen LogP contribution >= 0.6 is 0 Å². The molecule has 0 spiro atoms. The Kier molecular flexibility index (Phi) is 4.18. The Labute approximate surface area is 110 Å². The van der Waals surface area contributed by atoms with Crippen LogP contribution in [0.4, 0.5) is 0 Å². The van der Waals surface area contributed by atoms with Gasteiger partial charge in [-0.25, -0.2) is 4.79 Å². The molecule has 5 heteroatoms. The molecule has 0 radical (unpaired) electrons. The smallest absolute Gasteiger partial charge is 0.356 e. The van der Waals surface area contributed by atoms with E-state index in [1.807, 2.05) is 30.3 Å². The second kappa shape index (κ2) is 6.04. The monoisotopic (exact) mass is 260 g/mol. The number of rotatable bonds is 5. The van der Waals surface area contributed by atoms with Crippen LogP contribution in [0.3, 0.4) is 0 Å². The van der Waals surface area contributed by atoms with Crippen molar-refractivity contribution in [3.63, 3.8) is 0 Å². The quantitative estimate of drug-likeness (QED) is 0.830. The van der Waals surface area contributed by atoms with Gasteiger partial charge in [0, 0.05) is 12.6 Å². The zero-order valence-electron chi connectivity index (χ0n) is 10.8. The predicted molar refractivity (Wildman–Crippen MR) is 71.2 cm³/mol. The summed E-state index contributed by atoms with van der Waals surface area (Å²) in [5.74, 6) is -0.478. The van der Waals surface area contributed by atoms with Crippen molar-refractivity contribution < 1.29 is 9.53 Å². The molecule has 100 valence electrons. The minimum Gasteiger partial charge on any atom is -0.461 e. The number of carbonyl (C=O) groups excluding carboxylic acids is 1. The van der Waals surface area contributed by atoms with Gasteiger partial charge in [0.2, 0.25) is 0 Å². The van der Waals surface area contributed by atoms with E-state index in [0.29, 0.717) is 6.54 Å². The summed E-state index contributed by atoms with van der Waals surface area (Å²) in [5, 5.41) is 2.61. The van der Waals surface area contributed by atoms with Gasteiger partial charge in [-0.1, -0.05) is 30.3 Å². The summed E-state index contributed by atoms with van der Waals surface area (Å²) >= 11 is 0. The third-order valence-electron chi connectivity index (χ3n) is 2.76. The molecule has 1 aromatic carbocycles. The number of hydrogen-bond acceptors (Lipinski definition) is 3. The molecule has 1 heterocycles. The molecule has 0 amide bonds. The van der Waals surface area contributed by atoms with Gasteiger partial charge in [-0.2, -0.15) is 0 Å². The fourth-order valence-electron chi connectivity index (χ4n) is 1.86. The Balaban J connectivity index is 2.12. The van der Waals surface area contributed by atoms with Crippen LogP contribution in [0.25, 0.3) is 0 Å². The highest BCUT2D eigenvalue weighted by Gasteiger charge is 2.14. The van der Waals surface area contributed by atoms with Gasteiger partial charge in [0.05, 0.1) is 6.61 Å². The lowest BCUT2D eigenvalue weighted by Gasteiger charge is -2.07. The number of hydrogen-bond donors (Lipinski definition) is 1. The number of H-pyrrole nitrogens is 1. The highest BCUT2D eigenvalue weighted by atomic mass is 16.5. The second-order valence-corrected chi connectivity index (χ2v) is 4.11. The Morgan fingerprint density at radius 1 is 1.32 bits per heavy atom. The number of nitrogens with one attached hydrogen (secondary N) is 1. The number of aromatic amines is 1. The largest absolute Gasteiger partial charge is 0.461 e. The van der Waals surface area contributed by atoms with Gasteiger partial charge in [-0.3, -0.25) is 14.6 Å². The van der Waals surface area contributed by atoms with Crippen LogP contribution in [0.1, 0.15) is 23.0 Å². The van der Waals surface area contributed by atoms with Crippen molar-refractivity contribution in [1.29, 1.82) is 0 Å². The van der Waals surface area contributed by atoms with Crippen molar-refractivity contribution in [1.82, 2.24) is 9.78 Å². The average Bonchev–Trinajstić information content (AvgIpc) is 2.79. The summed E-state index contributed by atoms with van der Waals surface area (Å²) < 4.78 is 6.45. The molecule has 0 atom stereocenters. The fourth-order valence-corrected chi connectivity index (χ4v) is 1.86. The van der Waals surface area contributed by atoms with E-state index in [9.17, 15) is 9.59 Å². The Morgan fingerprint density at radius 3 is 2.74 bits per heavy atom. The van der Waals surface area contributed by atoms with Crippen LogP contribution in [0.5, 0.6) is 0 Å². The Morgan fingerprint density at radius 2 is 2.05 bits per heavy atom. The molecule has 19 heavy (non-hydrogen) atoms. The molecular formula is C14H16N2O3. The van der Waals surface area contributed by atoms with E-state index in [1.54, 1.807) is 6.92 Å². The number of aromatic nitrogens is 2. The summed E-state index contributed by atoms with van der Waals surface area (Å²) in [5.41, 5.74) is 1.12. The standard InChI is InChI=1S/C14H16N2O3/c1-2-19-14(18)12-10-13(17)15-16(12)9-8-11-6-4-3-5-7-11/h3-7,10H,2,8-9H2,1H3,(H,15,17). The molecule has 0 saturated carbocycles. The van der Waals surface area contributed by atoms with Crippen LogP contribution < -0.4 is 5.56 Å². The summed E-state index contributed by atoms with van der Waals surface area (Å²) in [6, 6.07) is 11.1. The first-order valence-corrected chi connectivity index (χ1v) is 6.21. The normalized spacial score (nSPS) is 10.4. The molecule has 0 bridgehead atoms. The van der Waals surface area contributed by atoms with Gasteiger partial charge < -0.3 is 4.74 Å². The van der Waals surface area contributed by atoms with Crippen molar-refractivity contribution >= 4 is 5.97 Å². The minimum absolute atomic E-state index is 0.266. The molecule has 0 saturated heterocycles. The van der Waals surface area contributed by atoms with Gasteiger partial charge in [-0.15, -0.1) is 0 Å². The van der Waals surface area contributed by atoms with Crippen LogP contribution in [0.2, 0.25) is 0 Å². The lowest BCUT2D eigenvalue weighted by molar-refractivity contribution is 0.0512. The predicted octanol–water partition coefficient (Wildman–Crippen LogP) is 1.60. The Bertz CT molecular complexity index is 599. The van der Waals surface area contributed by atoms with Gasteiger partial charge in [0.1, 0.15) is 5.69 Å². The molecular weight excluding hydrogens is 244 g/mol. The van der Waals surface area contributed by atoms with Crippen molar-refractivity contribution in [2.75, 3.05) is 6.61 Å². The maximum Gasteiger partial charge on any atom is 0.356 e. The molecule has 0 aliphatic carbocycles. The van der Waals surface area contributed by atoms with Gasteiger partial charge in [0.25, 0.3) is 5.56 Å². The third-order valence-corrected chi connectivity index (χ3v) is 2.76. The number of aryl methyl sites for hydroxylation is 2. The van der Waals surface area contributed by atoms with E-state index in [2.05, 4.69) is 5.10 Å². The molecule has 1 aromatic heterocycles. The molecule has 0 aliphatic heterocycles. The van der Waals surface area contributed by atoms with Crippen LogP contribution in [-0.2, 0) is 17.7 Å². The van der Waals surface area contributed by atoms with Crippen molar-refractivity contribution in [3.05, 3.63) is 58.0 Å².